The van der Waals surface area contributed by atoms with Crippen molar-refractivity contribution in [2.24, 2.45) is 5.73 Å². The number of nitrogens with zero attached hydrogens (tertiary/aromatic N) is 1. The van der Waals surface area contributed by atoms with Gasteiger partial charge in [-0.1, -0.05) is 6.92 Å². The lowest BCUT2D eigenvalue weighted by Crippen LogP contribution is -2.29. The number of carbonyl (C=O) groups excluding carboxylic acids is 2. The summed E-state index contributed by atoms with van der Waals surface area (Å²) in [6.45, 7) is 2.99. The molecule has 0 radical (unpaired) electrons. The van der Waals surface area contributed by atoms with Gasteiger partial charge in [0, 0.05) is 25.7 Å². The molecule has 0 atom stereocenters. The molecule has 0 aliphatic rings. The van der Waals surface area contributed by atoms with Gasteiger partial charge in [-0.15, -0.1) is 0 Å². The third-order valence-electron chi connectivity index (χ3n) is 2.27. The molecular formula is C11H18N4O2. The van der Waals surface area contributed by atoms with Crippen molar-refractivity contribution in [3.63, 3.8) is 0 Å². The first kappa shape index (κ1) is 13.1. The lowest BCUT2D eigenvalue weighted by atomic mass is 10.3. The number of nitrogens with one attached hydrogen (secondary N) is 1. The Kier molecular flexibility index (Phi) is 4.56. The van der Waals surface area contributed by atoms with Crippen LogP contribution in [-0.4, -0.2) is 22.9 Å². The number of hydrogen-bond acceptors (Lipinski definition) is 3. The molecule has 0 saturated carbocycles. The molecule has 1 aromatic heterocycles. The zero-order valence-electron chi connectivity index (χ0n) is 9.90. The molecule has 0 spiro atoms. The van der Waals surface area contributed by atoms with E-state index in [0.29, 0.717) is 11.4 Å². The number of amides is 2. The predicted octanol–water partition coefficient (Wildman–Crippen LogP) is 0.0855. The summed E-state index contributed by atoms with van der Waals surface area (Å²) in [7, 11) is 0. The van der Waals surface area contributed by atoms with Crippen LogP contribution in [0.3, 0.4) is 0 Å². The molecule has 1 heterocycles. The quantitative estimate of drug-likeness (QED) is 0.654. The summed E-state index contributed by atoms with van der Waals surface area (Å²) < 4.78 is 1.80. The van der Waals surface area contributed by atoms with Gasteiger partial charge in [0.05, 0.1) is 5.69 Å². The van der Waals surface area contributed by atoms with Crippen molar-refractivity contribution in [2.45, 2.75) is 26.3 Å². The van der Waals surface area contributed by atoms with Crippen LogP contribution in [0.1, 0.15) is 30.3 Å². The number of anilines is 1. The molecule has 6 nitrogen and oxygen atoms in total. The van der Waals surface area contributed by atoms with E-state index in [0.717, 1.165) is 13.0 Å². The molecule has 0 unspecified atom stereocenters. The van der Waals surface area contributed by atoms with Crippen molar-refractivity contribution in [3.05, 3.63) is 18.0 Å². The van der Waals surface area contributed by atoms with Crippen LogP contribution in [0.4, 0.5) is 5.69 Å². The maximum Gasteiger partial charge on any atom is 0.267 e. The Morgan fingerprint density at radius 3 is 2.76 bits per heavy atom. The summed E-state index contributed by atoms with van der Waals surface area (Å²) in [5.74, 6) is -0.676. The number of primary amides is 1. The minimum atomic E-state index is -0.436. The summed E-state index contributed by atoms with van der Waals surface area (Å²) in [5, 5.41) is 2.63. The Hall–Kier alpha value is -1.98. The van der Waals surface area contributed by atoms with Crippen LogP contribution in [0.15, 0.2) is 12.3 Å². The van der Waals surface area contributed by atoms with Crippen LogP contribution in [0.2, 0.25) is 0 Å². The lowest BCUT2D eigenvalue weighted by Gasteiger charge is -2.07. The highest BCUT2D eigenvalue weighted by Gasteiger charge is 2.12. The largest absolute Gasteiger partial charge is 0.397 e. The standard InChI is InChI=1S/C11H18N4O2/c1-2-5-15-7-8(12)6-9(15)11(17)14-4-3-10(13)16/h6-7H,2-5,12H2,1H3,(H2,13,16)(H,14,17). The number of hydrogen-bond donors (Lipinski definition) is 3. The van der Waals surface area contributed by atoms with Crippen LogP contribution in [0.5, 0.6) is 0 Å². The monoisotopic (exact) mass is 238 g/mol. The molecule has 1 rings (SSSR count). The summed E-state index contributed by atoms with van der Waals surface area (Å²) in [5.41, 5.74) is 11.7. The van der Waals surface area contributed by atoms with E-state index < -0.39 is 5.91 Å². The van der Waals surface area contributed by atoms with Crippen LogP contribution < -0.4 is 16.8 Å². The number of carbonyl (C=O) groups is 2. The molecule has 0 saturated heterocycles. The number of aryl methyl sites for hydroxylation is 1. The molecule has 0 aromatic carbocycles. The van der Waals surface area contributed by atoms with Crippen molar-refractivity contribution in [1.29, 1.82) is 0 Å². The van der Waals surface area contributed by atoms with Gasteiger partial charge in [-0.05, 0) is 12.5 Å². The predicted molar refractivity (Wildman–Crippen MR) is 65.3 cm³/mol. The summed E-state index contributed by atoms with van der Waals surface area (Å²) >= 11 is 0. The Bertz CT molecular complexity index is 412. The van der Waals surface area contributed by atoms with Gasteiger partial charge in [0.2, 0.25) is 5.91 Å². The van der Waals surface area contributed by atoms with E-state index >= 15 is 0 Å². The van der Waals surface area contributed by atoms with E-state index in [-0.39, 0.29) is 18.9 Å². The zero-order valence-corrected chi connectivity index (χ0v) is 9.90. The molecule has 2 amide bonds. The Labute approximate surface area is 100.0 Å². The summed E-state index contributed by atoms with van der Waals surface area (Å²) in [6, 6.07) is 1.62. The Morgan fingerprint density at radius 2 is 2.18 bits per heavy atom. The van der Waals surface area contributed by atoms with Crippen molar-refractivity contribution in [2.75, 3.05) is 12.3 Å². The molecule has 6 heteroatoms. The van der Waals surface area contributed by atoms with Gasteiger partial charge in [-0.25, -0.2) is 0 Å². The van der Waals surface area contributed by atoms with Crippen LogP contribution in [0, 0.1) is 0 Å². The van der Waals surface area contributed by atoms with Crippen molar-refractivity contribution in [1.82, 2.24) is 9.88 Å². The maximum atomic E-state index is 11.8. The molecule has 1 aromatic rings. The van der Waals surface area contributed by atoms with E-state index in [4.69, 9.17) is 11.5 Å². The normalized spacial score (nSPS) is 10.2. The Morgan fingerprint density at radius 1 is 1.47 bits per heavy atom. The van der Waals surface area contributed by atoms with Crippen LogP contribution in [0.25, 0.3) is 0 Å². The zero-order chi connectivity index (χ0) is 12.8. The molecule has 17 heavy (non-hydrogen) atoms. The second-order valence-corrected chi connectivity index (χ2v) is 3.82. The van der Waals surface area contributed by atoms with E-state index in [9.17, 15) is 9.59 Å². The number of nitrogens with two attached hydrogens (primary N) is 2. The first-order chi connectivity index (χ1) is 8.04. The minimum Gasteiger partial charge on any atom is -0.397 e. The van der Waals surface area contributed by atoms with Gasteiger partial charge in [0.15, 0.2) is 0 Å². The second kappa shape index (κ2) is 5.93. The van der Waals surface area contributed by atoms with Gasteiger partial charge >= 0.3 is 0 Å². The molecule has 0 aliphatic carbocycles. The van der Waals surface area contributed by atoms with Crippen LogP contribution >= 0.6 is 0 Å². The lowest BCUT2D eigenvalue weighted by molar-refractivity contribution is -0.117. The van der Waals surface area contributed by atoms with Gasteiger partial charge in [0.25, 0.3) is 5.91 Å². The highest BCUT2D eigenvalue weighted by atomic mass is 16.2. The van der Waals surface area contributed by atoms with Crippen LogP contribution in [-0.2, 0) is 11.3 Å². The molecule has 5 N–H and O–H groups in total. The average molecular weight is 238 g/mol. The fraction of sp³-hybridized carbons (Fsp3) is 0.455. The average Bonchev–Trinajstić information content (AvgIpc) is 2.59. The van der Waals surface area contributed by atoms with E-state index in [2.05, 4.69) is 5.32 Å². The van der Waals surface area contributed by atoms with Gasteiger partial charge in [-0.3, -0.25) is 9.59 Å². The highest BCUT2D eigenvalue weighted by molar-refractivity contribution is 5.94. The van der Waals surface area contributed by atoms with Crippen molar-refractivity contribution >= 4 is 17.5 Å². The Balaban J connectivity index is 2.64. The smallest absolute Gasteiger partial charge is 0.267 e. The van der Waals surface area contributed by atoms with Gasteiger partial charge in [0.1, 0.15) is 5.69 Å². The van der Waals surface area contributed by atoms with E-state index in [1.54, 1.807) is 16.8 Å². The van der Waals surface area contributed by atoms with E-state index in [1.165, 1.54) is 0 Å². The molecule has 0 bridgehead atoms. The second-order valence-electron chi connectivity index (χ2n) is 3.82. The fourth-order valence-corrected chi connectivity index (χ4v) is 1.54. The molecular weight excluding hydrogens is 220 g/mol. The maximum absolute atomic E-state index is 11.8. The van der Waals surface area contributed by atoms with Gasteiger partial charge < -0.3 is 21.4 Å². The van der Waals surface area contributed by atoms with Crippen molar-refractivity contribution in [3.8, 4) is 0 Å². The first-order valence-electron chi connectivity index (χ1n) is 5.56. The third kappa shape index (κ3) is 3.82. The molecule has 0 fully saturated rings. The van der Waals surface area contributed by atoms with E-state index in [1.807, 2.05) is 6.92 Å². The van der Waals surface area contributed by atoms with Crippen molar-refractivity contribution < 1.29 is 9.59 Å². The third-order valence-corrected chi connectivity index (χ3v) is 2.27. The fourth-order valence-electron chi connectivity index (χ4n) is 1.54. The molecule has 0 aliphatic heterocycles. The summed E-state index contributed by atoms with van der Waals surface area (Å²) in [6.07, 6.45) is 2.78. The molecule has 94 valence electrons. The summed E-state index contributed by atoms with van der Waals surface area (Å²) in [4.78, 5) is 22.3. The number of aromatic nitrogens is 1. The number of nitrogen functional groups attached to an aromatic ring is 1. The highest BCUT2D eigenvalue weighted by Crippen LogP contribution is 2.11. The SMILES string of the molecule is CCCn1cc(N)cc1C(=O)NCCC(N)=O. The topological polar surface area (TPSA) is 103 Å². The van der Waals surface area contributed by atoms with Gasteiger partial charge in [-0.2, -0.15) is 0 Å². The number of rotatable bonds is 6. The first-order valence-corrected chi connectivity index (χ1v) is 5.56. The minimum absolute atomic E-state index is 0.135.